The van der Waals surface area contributed by atoms with E-state index in [1.807, 2.05) is 31.2 Å². The van der Waals surface area contributed by atoms with E-state index < -0.39 is 28.5 Å². The zero-order chi connectivity index (χ0) is 26.3. The number of nitrogens with one attached hydrogen (secondary N) is 1. The normalized spacial score (nSPS) is 12.0. The molecule has 36 heavy (non-hydrogen) atoms. The van der Waals surface area contributed by atoms with Crippen molar-refractivity contribution in [2.45, 2.75) is 38.3 Å². The number of amides is 2. The van der Waals surface area contributed by atoms with E-state index in [0.29, 0.717) is 17.3 Å². The topological polar surface area (TPSA) is 86.8 Å². The highest BCUT2D eigenvalue weighted by molar-refractivity contribution is 7.92. The number of halogens is 1. The van der Waals surface area contributed by atoms with Crippen molar-refractivity contribution in [3.05, 3.63) is 95.0 Å². The van der Waals surface area contributed by atoms with Crippen LogP contribution < -0.4 is 9.62 Å². The standard InChI is InChI=1S/C27H30ClN3O4S/c1-4-29-27(33)21(3)30(18-22-11-9-8-10-20(22)2)26(32)19-31(24-12-6-5-7-13-24)36(34,35)25-16-14-23(28)15-17-25/h5-17,21H,4,18-19H2,1-3H3,(H,29,33)/t21-/m0/s1. The third-order valence-electron chi connectivity index (χ3n) is 5.84. The predicted molar refractivity (Wildman–Crippen MR) is 142 cm³/mol. The Morgan fingerprint density at radius 1 is 0.944 bits per heavy atom. The zero-order valence-corrected chi connectivity index (χ0v) is 22.1. The summed E-state index contributed by atoms with van der Waals surface area (Å²) in [7, 11) is -4.11. The van der Waals surface area contributed by atoms with Crippen molar-refractivity contribution in [3.63, 3.8) is 0 Å². The second-order valence-electron chi connectivity index (χ2n) is 8.32. The summed E-state index contributed by atoms with van der Waals surface area (Å²) in [4.78, 5) is 27.9. The Morgan fingerprint density at radius 2 is 1.56 bits per heavy atom. The molecule has 1 atom stereocenters. The van der Waals surface area contributed by atoms with Crippen LogP contribution in [0.3, 0.4) is 0 Å². The maximum atomic E-state index is 13.7. The first-order valence-corrected chi connectivity index (χ1v) is 13.4. The molecule has 0 saturated heterocycles. The fourth-order valence-corrected chi connectivity index (χ4v) is 5.27. The number of carbonyl (C=O) groups is 2. The van der Waals surface area contributed by atoms with Gasteiger partial charge in [0, 0.05) is 18.1 Å². The van der Waals surface area contributed by atoms with Gasteiger partial charge in [-0.3, -0.25) is 13.9 Å². The fraction of sp³-hybridized carbons (Fsp3) is 0.259. The molecule has 1 N–H and O–H groups in total. The number of aryl methyl sites for hydroxylation is 1. The molecule has 0 bridgehead atoms. The summed E-state index contributed by atoms with van der Waals surface area (Å²) in [6.07, 6.45) is 0. The predicted octanol–water partition coefficient (Wildman–Crippen LogP) is 4.40. The summed E-state index contributed by atoms with van der Waals surface area (Å²) in [5.74, 6) is -0.815. The van der Waals surface area contributed by atoms with Gasteiger partial charge >= 0.3 is 0 Å². The molecule has 0 spiro atoms. The van der Waals surface area contributed by atoms with Gasteiger partial charge in [0.25, 0.3) is 10.0 Å². The number of nitrogens with zero attached hydrogens (tertiary/aromatic N) is 2. The molecule has 0 aliphatic carbocycles. The summed E-state index contributed by atoms with van der Waals surface area (Å²) in [6, 6.07) is 21.0. The Morgan fingerprint density at radius 3 is 2.17 bits per heavy atom. The molecule has 3 rings (SSSR count). The van der Waals surface area contributed by atoms with Gasteiger partial charge in [-0.05, 0) is 68.3 Å². The monoisotopic (exact) mass is 527 g/mol. The quantitative estimate of drug-likeness (QED) is 0.423. The smallest absolute Gasteiger partial charge is 0.264 e. The second kappa shape index (κ2) is 12.1. The highest BCUT2D eigenvalue weighted by Gasteiger charge is 2.32. The Kier molecular flexibility index (Phi) is 9.12. The number of sulfonamides is 1. The molecule has 9 heteroatoms. The molecule has 0 aliphatic rings. The van der Waals surface area contributed by atoms with Crippen LogP contribution in [-0.4, -0.2) is 44.3 Å². The van der Waals surface area contributed by atoms with Crippen LogP contribution in [0.5, 0.6) is 0 Å². The molecule has 7 nitrogen and oxygen atoms in total. The molecule has 190 valence electrons. The van der Waals surface area contributed by atoms with Crippen LogP contribution in [0, 0.1) is 6.92 Å². The van der Waals surface area contributed by atoms with E-state index >= 15 is 0 Å². The third kappa shape index (κ3) is 6.44. The molecule has 3 aromatic rings. The first kappa shape index (κ1) is 27.2. The summed E-state index contributed by atoms with van der Waals surface area (Å²) in [6.45, 7) is 5.46. The van der Waals surface area contributed by atoms with Gasteiger partial charge in [0.1, 0.15) is 12.6 Å². The van der Waals surface area contributed by atoms with Gasteiger partial charge in [0.05, 0.1) is 10.6 Å². The lowest BCUT2D eigenvalue weighted by atomic mass is 10.1. The van der Waals surface area contributed by atoms with Crippen LogP contribution >= 0.6 is 11.6 Å². The molecule has 0 unspecified atom stereocenters. The van der Waals surface area contributed by atoms with Gasteiger partial charge in [-0.1, -0.05) is 54.1 Å². The SMILES string of the molecule is CCNC(=O)[C@H](C)N(Cc1ccccc1C)C(=O)CN(c1ccccc1)S(=O)(=O)c1ccc(Cl)cc1. The largest absolute Gasteiger partial charge is 0.355 e. The number of carbonyl (C=O) groups excluding carboxylic acids is 2. The number of anilines is 1. The maximum Gasteiger partial charge on any atom is 0.264 e. The van der Waals surface area contributed by atoms with Crippen molar-refractivity contribution in [2.24, 2.45) is 0 Å². The van der Waals surface area contributed by atoms with E-state index in [2.05, 4.69) is 5.32 Å². The van der Waals surface area contributed by atoms with E-state index in [1.165, 1.54) is 29.2 Å². The molecule has 0 saturated carbocycles. The summed E-state index contributed by atoms with van der Waals surface area (Å²) < 4.78 is 28.4. The fourth-order valence-electron chi connectivity index (χ4n) is 3.73. The van der Waals surface area contributed by atoms with Gasteiger partial charge in [-0.15, -0.1) is 0 Å². The Bertz CT molecular complexity index is 1300. The molecule has 0 aliphatic heterocycles. The lowest BCUT2D eigenvalue weighted by Gasteiger charge is -2.32. The van der Waals surface area contributed by atoms with E-state index in [9.17, 15) is 18.0 Å². The van der Waals surface area contributed by atoms with Crippen LogP contribution in [0.25, 0.3) is 0 Å². The summed E-state index contributed by atoms with van der Waals surface area (Å²) in [5.41, 5.74) is 2.17. The van der Waals surface area contributed by atoms with Gasteiger partial charge in [0.2, 0.25) is 11.8 Å². The van der Waals surface area contributed by atoms with Gasteiger partial charge in [-0.2, -0.15) is 0 Å². The summed E-state index contributed by atoms with van der Waals surface area (Å²) >= 11 is 5.96. The van der Waals surface area contributed by atoms with Crippen molar-refractivity contribution >= 4 is 39.1 Å². The highest BCUT2D eigenvalue weighted by atomic mass is 35.5. The van der Waals surface area contributed by atoms with Crippen LogP contribution in [0.15, 0.2) is 83.8 Å². The van der Waals surface area contributed by atoms with E-state index in [1.54, 1.807) is 44.2 Å². The minimum Gasteiger partial charge on any atom is -0.355 e. The molecule has 0 radical (unpaired) electrons. The lowest BCUT2D eigenvalue weighted by molar-refractivity contribution is -0.139. The van der Waals surface area contributed by atoms with Crippen LogP contribution in [0.2, 0.25) is 5.02 Å². The Balaban J connectivity index is 2.01. The van der Waals surface area contributed by atoms with Crippen LogP contribution in [0.1, 0.15) is 25.0 Å². The molecular formula is C27H30ClN3O4S. The number of hydrogen-bond donors (Lipinski definition) is 1. The zero-order valence-electron chi connectivity index (χ0n) is 20.5. The maximum absolute atomic E-state index is 13.7. The van der Waals surface area contributed by atoms with Crippen LogP contribution in [0.4, 0.5) is 5.69 Å². The van der Waals surface area contributed by atoms with E-state index in [4.69, 9.17) is 11.6 Å². The number of hydrogen-bond acceptors (Lipinski definition) is 4. The molecule has 0 fully saturated rings. The van der Waals surface area contributed by atoms with Crippen LogP contribution in [-0.2, 0) is 26.2 Å². The number of benzene rings is 3. The first-order valence-electron chi connectivity index (χ1n) is 11.6. The summed E-state index contributed by atoms with van der Waals surface area (Å²) in [5, 5.41) is 3.15. The average Bonchev–Trinajstić information content (AvgIpc) is 2.87. The van der Waals surface area contributed by atoms with Gasteiger partial charge in [-0.25, -0.2) is 8.42 Å². The molecular weight excluding hydrogens is 498 g/mol. The molecule has 0 aromatic heterocycles. The third-order valence-corrected chi connectivity index (χ3v) is 7.88. The average molecular weight is 528 g/mol. The lowest BCUT2D eigenvalue weighted by Crippen LogP contribution is -2.51. The van der Waals surface area contributed by atoms with Crippen molar-refractivity contribution in [2.75, 3.05) is 17.4 Å². The molecule has 0 heterocycles. The number of rotatable bonds is 10. The first-order chi connectivity index (χ1) is 17.1. The van der Waals surface area contributed by atoms with E-state index in [0.717, 1.165) is 15.4 Å². The molecule has 3 aromatic carbocycles. The number of likely N-dealkylation sites (N-methyl/N-ethyl adjacent to an activating group) is 1. The van der Waals surface area contributed by atoms with Crippen molar-refractivity contribution < 1.29 is 18.0 Å². The van der Waals surface area contributed by atoms with E-state index in [-0.39, 0.29) is 17.3 Å². The van der Waals surface area contributed by atoms with Gasteiger partial charge < -0.3 is 10.2 Å². The second-order valence-corrected chi connectivity index (χ2v) is 10.6. The Labute approximate surface area is 217 Å². The molecule has 2 amide bonds. The van der Waals surface area contributed by atoms with Gasteiger partial charge in [0.15, 0.2) is 0 Å². The van der Waals surface area contributed by atoms with Crippen molar-refractivity contribution in [1.82, 2.24) is 10.2 Å². The highest BCUT2D eigenvalue weighted by Crippen LogP contribution is 2.25. The minimum absolute atomic E-state index is 0.00535. The number of para-hydroxylation sites is 1. The Hall–Kier alpha value is -3.36. The minimum atomic E-state index is -4.11. The van der Waals surface area contributed by atoms with Crippen molar-refractivity contribution in [1.29, 1.82) is 0 Å². The van der Waals surface area contributed by atoms with Crippen molar-refractivity contribution in [3.8, 4) is 0 Å².